The predicted octanol–water partition coefficient (Wildman–Crippen LogP) is 5.20. The molecule has 0 aromatic heterocycles. The molecule has 0 aliphatic carbocycles. The van der Waals surface area contributed by atoms with Gasteiger partial charge in [-0.25, -0.2) is 0 Å². The second kappa shape index (κ2) is 7.66. The zero-order valence-corrected chi connectivity index (χ0v) is 18.4. The molecule has 4 nitrogen and oxygen atoms in total. The van der Waals surface area contributed by atoms with Gasteiger partial charge in [0.1, 0.15) is 0 Å². The lowest BCUT2D eigenvalue weighted by molar-refractivity contribution is -0.117. The molecule has 2 aromatic rings. The number of benzene rings is 2. The van der Waals surface area contributed by atoms with E-state index >= 15 is 0 Å². The average Bonchev–Trinajstić information content (AvgIpc) is 2.90. The molecule has 29 heavy (non-hydrogen) atoms. The van der Waals surface area contributed by atoms with Gasteiger partial charge in [0.25, 0.3) is 0 Å². The summed E-state index contributed by atoms with van der Waals surface area (Å²) < 4.78 is 0. The summed E-state index contributed by atoms with van der Waals surface area (Å²) in [5, 5.41) is 2.99. The Morgan fingerprint density at radius 1 is 1.07 bits per heavy atom. The number of amides is 2. The van der Waals surface area contributed by atoms with E-state index in [4.69, 9.17) is 0 Å². The van der Waals surface area contributed by atoms with Crippen molar-refractivity contribution in [2.24, 2.45) is 0 Å². The van der Waals surface area contributed by atoms with Crippen molar-refractivity contribution >= 4 is 23.2 Å². The fourth-order valence-electron chi connectivity index (χ4n) is 3.90. The highest BCUT2D eigenvalue weighted by Crippen LogP contribution is 2.41. The molecule has 0 saturated carbocycles. The molecule has 1 aliphatic rings. The van der Waals surface area contributed by atoms with Crippen LogP contribution < -0.4 is 10.2 Å². The average molecular weight is 393 g/mol. The van der Waals surface area contributed by atoms with Gasteiger partial charge in [-0.15, -0.1) is 0 Å². The van der Waals surface area contributed by atoms with E-state index in [9.17, 15) is 9.59 Å². The topological polar surface area (TPSA) is 49.4 Å². The normalized spacial score (nSPS) is 15.2. The van der Waals surface area contributed by atoms with Crippen molar-refractivity contribution < 1.29 is 9.59 Å². The minimum Gasteiger partial charge on any atom is -0.326 e. The number of anilines is 2. The van der Waals surface area contributed by atoms with Gasteiger partial charge in [-0.05, 0) is 40.7 Å². The van der Waals surface area contributed by atoms with Crippen LogP contribution in [0.2, 0.25) is 0 Å². The Hall–Kier alpha value is -2.62. The fourth-order valence-corrected chi connectivity index (χ4v) is 3.90. The fraction of sp³-hybridized carbons (Fsp3) is 0.440. The van der Waals surface area contributed by atoms with Crippen molar-refractivity contribution in [1.29, 1.82) is 0 Å². The van der Waals surface area contributed by atoms with Gasteiger partial charge in [0, 0.05) is 36.7 Å². The molecule has 154 valence electrons. The molecule has 1 aliphatic heterocycles. The van der Waals surface area contributed by atoms with Crippen LogP contribution in [0.15, 0.2) is 42.5 Å². The van der Waals surface area contributed by atoms with Gasteiger partial charge >= 0.3 is 0 Å². The standard InChI is InChI=1S/C25H32N2O2/c1-17(28)27-16-25(5,6)21-13-12-20(15-22(21)27)26-23(29)14-9-18-7-10-19(11-8-18)24(2,3)4/h7-8,10-13,15H,9,14,16H2,1-6H3,(H,26,29). The molecule has 0 radical (unpaired) electrons. The molecule has 3 rings (SSSR count). The number of nitrogens with one attached hydrogen (secondary N) is 1. The molecule has 0 atom stereocenters. The van der Waals surface area contributed by atoms with E-state index in [-0.39, 0.29) is 22.6 Å². The van der Waals surface area contributed by atoms with Gasteiger partial charge in [-0.1, -0.05) is 65.0 Å². The van der Waals surface area contributed by atoms with Gasteiger partial charge in [0.15, 0.2) is 0 Å². The molecule has 2 aromatic carbocycles. The highest BCUT2D eigenvalue weighted by molar-refractivity contribution is 5.97. The van der Waals surface area contributed by atoms with Gasteiger partial charge in [0.2, 0.25) is 11.8 Å². The van der Waals surface area contributed by atoms with Gasteiger partial charge in [0.05, 0.1) is 0 Å². The quantitative estimate of drug-likeness (QED) is 0.777. The minimum atomic E-state index is -0.0806. The summed E-state index contributed by atoms with van der Waals surface area (Å²) in [7, 11) is 0. The van der Waals surface area contributed by atoms with Crippen molar-refractivity contribution in [2.75, 3.05) is 16.8 Å². The first-order valence-electron chi connectivity index (χ1n) is 10.3. The van der Waals surface area contributed by atoms with Crippen LogP contribution in [0.25, 0.3) is 0 Å². The monoisotopic (exact) mass is 392 g/mol. The Morgan fingerprint density at radius 3 is 2.31 bits per heavy atom. The van der Waals surface area contributed by atoms with E-state index in [0.29, 0.717) is 19.4 Å². The van der Waals surface area contributed by atoms with Crippen molar-refractivity contribution in [3.8, 4) is 0 Å². The maximum absolute atomic E-state index is 12.5. The third kappa shape index (κ3) is 4.69. The SMILES string of the molecule is CC(=O)N1CC(C)(C)c2ccc(NC(=O)CCc3ccc(C(C)(C)C)cc3)cc21. The molecule has 1 N–H and O–H groups in total. The minimum absolute atomic E-state index is 0.0171. The number of hydrogen-bond acceptors (Lipinski definition) is 2. The van der Waals surface area contributed by atoms with Crippen LogP contribution in [0.5, 0.6) is 0 Å². The van der Waals surface area contributed by atoms with Crippen molar-refractivity contribution in [2.45, 2.75) is 65.2 Å². The Balaban J connectivity index is 1.64. The number of carbonyl (C=O) groups is 2. The molecule has 1 heterocycles. The highest BCUT2D eigenvalue weighted by Gasteiger charge is 2.36. The van der Waals surface area contributed by atoms with Crippen LogP contribution in [0.3, 0.4) is 0 Å². The highest BCUT2D eigenvalue weighted by atomic mass is 16.2. The molecule has 0 spiro atoms. The van der Waals surface area contributed by atoms with Gasteiger partial charge in [-0.3, -0.25) is 9.59 Å². The summed E-state index contributed by atoms with van der Waals surface area (Å²) in [6, 6.07) is 14.4. The van der Waals surface area contributed by atoms with E-state index in [1.165, 1.54) is 5.56 Å². The Kier molecular flexibility index (Phi) is 5.57. The lowest BCUT2D eigenvalue weighted by Gasteiger charge is -2.19. The zero-order valence-electron chi connectivity index (χ0n) is 18.4. The molecule has 0 unspecified atom stereocenters. The van der Waals surface area contributed by atoms with Gasteiger partial charge in [-0.2, -0.15) is 0 Å². The van der Waals surface area contributed by atoms with Crippen molar-refractivity contribution in [3.05, 3.63) is 59.2 Å². The van der Waals surface area contributed by atoms with E-state index < -0.39 is 0 Å². The van der Waals surface area contributed by atoms with E-state index in [1.54, 1.807) is 11.8 Å². The van der Waals surface area contributed by atoms with E-state index in [1.807, 2.05) is 18.2 Å². The van der Waals surface area contributed by atoms with Crippen LogP contribution in [0.1, 0.15) is 64.7 Å². The summed E-state index contributed by atoms with van der Waals surface area (Å²) in [5.41, 5.74) is 5.28. The molecular formula is C25H32N2O2. The smallest absolute Gasteiger partial charge is 0.224 e. The molecule has 0 bridgehead atoms. The Labute approximate surface area is 174 Å². The summed E-state index contributed by atoms with van der Waals surface area (Å²) in [6.07, 6.45) is 1.13. The maximum Gasteiger partial charge on any atom is 0.224 e. The second-order valence-electron chi connectivity index (χ2n) is 9.72. The van der Waals surface area contributed by atoms with Crippen molar-refractivity contribution in [3.63, 3.8) is 0 Å². The first kappa shape index (κ1) is 21.1. The van der Waals surface area contributed by atoms with Gasteiger partial charge < -0.3 is 10.2 Å². The second-order valence-corrected chi connectivity index (χ2v) is 9.72. The lowest BCUT2D eigenvalue weighted by Crippen LogP contribution is -2.32. The largest absolute Gasteiger partial charge is 0.326 e. The first-order valence-corrected chi connectivity index (χ1v) is 10.3. The number of aryl methyl sites for hydroxylation is 1. The predicted molar refractivity (Wildman–Crippen MR) is 120 cm³/mol. The zero-order chi connectivity index (χ0) is 21.4. The Morgan fingerprint density at radius 2 is 1.72 bits per heavy atom. The number of carbonyl (C=O) groups excluding carboxylic acids is 2. The van der Waals surface area contributed by atoms with Crippen LogP contribution in [-0.2, 0) is 26.8 Å². The summed E-state index contributed by atoms with van der Waals surface area (Å²) in [5.74, 6) is 0.00971. The van der Waals surface area contributed by atoms with Crippen LogP contribution in [0, 0.1) is 0 Å². The molecular weight excluding hydrogens is 360 g/mol. The third-order valence-electron chi connectivity index (χ3n) is 5.70. The Bertz CT molecular complexity index is 921. The molecule has 0 fully saturated rings. The molecule has 2 amide bonds. The van der Waals surface area contributed by atoms with Crippen LogP contribution >= 0.6 is 0 Å². The van der Waals surface area contributed by atoms with Crippen LogP contribution in [-0.4, -0.2) is 18.4 Å². The number of rotatable bonds is 4. The summed E-state index contributed by atoms with van der Waals surface area (Å²) >= 11 is 0. The number of fused-ring (bicyclic) bond motifs is 1. The molecule has 0 saturated heterocycles. The summed E-state index contributed by atoms with van der Waals surface area (Å²) in [6.45, 7) is 13.1. The van der Waals surface area contributed by atoms with Crippen LogP contribution in [0.4, 0.5) is 11.4 Å². The molecule has 4 heteroatoms. The third-order valence-corrected chi connectivity index (χ3v) is 5.70. The van der Waals surface area contributed by atoms with E-state index in [0.717, 1.165) is 22.5 Å². The van der Waals surface area contributed by atoms with E-state index in [2.05, 4.69) is 64.2 Å². The summed E-state index contributed by atoms with van der Waals surface area (Å²) in [4.78, 5) is 26.3. The number of hydrogen-bond donors (Lipinski definition) is 1. The first-order chi connectivity index (χ1) is 13.5. The maximum atomic E-state index is 12.5. The van der Waals surface area contributed by atoms with Crippen molar-refractivity contribution in [1.82, 2.24) is 0 Å². The number of nitrogens with zero attached hydrogens (tertiary/aromatic N) is 1. The lowest BCUT2D eigenvalue weighted by atomic mass is 9.86.